The highest BCUT2D eigenvalue weighted by Crippen LogP contribution is 2.22. The van der Waals surface area contributed by atoms with E-state index < -0.39 is 0 Å². The van der Waals surface area contributed by atoms with Gasteiger partial charge in [0.15, 0.2) is 11.5 Å². The predicted octanol–water partition coefficient (Wildman–Crippen LogP) is 3.94. The van der Waals surface area contributed by atoms with Crippen LogP contribution in [0, 0.1) is 0 Å². The van der Waals surface area contributed by atoms with Crippen molar-refractivity contribution in [2.45, 2.75) is 19.8 Å². The number of hydrogen-bond acceptors (Lipinski definition) is 6. The van der Waals surface area contributed by atoms with Crippen LogP contribution in [0.1, 0.15) is 30.9 Å². The third-order valence-corrected chi connectivity index (χ3v) is 4.40. The molecule has 0 aliphatic carbocycles. The molecule has 0 atom stereocenters. The molecule has 7 heteroatoms. The second-order valence-electron chi connectivity index (χ2n) is 6.81. The molecular formula is C21H21N7. The van der Waals surface area contributed by atoms with E-state index in [9.17, 15) is 0 Å². The zero-order valence-corrected chi connectivity index (χ0v) is 15.7. The maximum Gasteiger partial charge on any atom is 0.177 e. The molecule has 0 spiro atoms. The van der Waals surface area contributed by atoms with Gasteiger partial charge in [-0.15, -0.1) is 5.10 Å². The fourth-order valence-electron chi connectivity index (χ4n) is 2.89. The molecule has 1 aromatic carbocycles. The summed E-state index contributed by atoms with van der Waals surface area (Å²) in [6.07, 6.45) is 7.06. The Bertz CT molecular complexity index is 1130. The number of hydrazone groups is 1. The van der Waals surface area contributed by atoms with Crippen LogP contribution in [-0.2, 0) is 0 Å². The summed E-state index contributed by atoms with van der Waals surface area (Å²) >= 11 is 0. The second-order valence-corrected chi connectivity index (χ2v) is 6.81. The number of nitrogens with one attached hydrogen (secondary N) is 1. The molecule has 7 nitrogen and oxygen atoms in total. The summed E-state index contributed by atoms with van der Waals surface area (Å²) in [7, 11) is 0. The zero-order chi connectivity index (χ0) is 19.5. The summed E-state index contributed by atoms with van der Waals surface area (Å²) in [5.41, 5.74) is 14.3. The monoisotopic (exact) mass is 371 g/mol. The number of aromatic nitrogens is 4. The molecule has 3 heterocycles. The van der Waals surface area contributed by atoms with Crippen LogP contribution in [0.2, 0.25) is 0 Å². The van der Waals surface area contributed by atoms with E-state index in [0.717, 1.165) is 16.8 Å². The summed E-state index contributed by atoms with van der Waals surface area (Å²) in [4.78, 5) is 8.59. The highest BCUT2D eigenvalue weighted by Gasteiger charge is 2.09. The summed E-state index contributed by atoms with van der Waals surface area (Å²) in [5, 5.41) is 8.78. The second kappa shape index (κ2) is 7.48. The van der Waals surface area contributed by atoms with Gasteiger partial charge in [-0.3, -0.25) is 10.4 Å². The quantitative estimate of drug-likeness (QED) is 0.409. The number of imidazole rings is 1. The lowest BCUT2D eigenvalue weighted by Gasteiger charge is -2.05. The average Bonchev–Trinajstić information content (AvgIpc) is 3.14. The molecular weight excluding hydrogens is 350 g/mol. The van der Waals surface area contributed by atoms with Crippen LogP contribution in [-0.4, -0.2) is 25.8 Å². The van der Waals surface area contributed by atoms with Gasteiger partial charge in [-0.2, -0.15) is 5.10 Å². The van der Waals surface area contributed by atoms with Gasteiger partial charge >= 0.3 is 0 Å². The van der Waals surface area contributed by atoms with Crippen LogP contribution in [0.5, 0.6) is 0 Å². The van der Waals surface area contributed by atoms with Gasteiger partial charge in [0, 0.05) is 24.0 Å². The van der Waals surface area contributed by atoms with E-state index in [-0.39, 0.29) is 0 Å². The summed E-state index contributed by atoms with van der Waals surface area (Å²) in [6, 6.07) is 13.8. The average molecular weight is 371 g/mol. The molecule has 4 aromatic rings. The molecule has 0 radical (unpaired) electrons. The molecule has 0 fully saturated rings. The van der Waals surface area contributed by atoms with Crippen LogP contribution in [0.4, 0.5) is 11.5 Å². The Morgan fingerprint density at radius 2 is 1.96 bits per heavy atom. The number of pyridine rings is 1. The first-order valence-corrected chi connectivity index (χ1v) is 9.05. The van der Waals surface area contributed by atoms with E-state index in [1.807, 2.05) is 30.5 Å². The van der Waals surface area contributed by atoms with Crippen LogP contribution < -0.4 is 11.2 Å². The van der Waals surface area contributed by atoms with Gasteiger partial charge in [-0.05, 0) is 35.2 Å². The van der Waals surface area contributed by atoms with Gasteiger partial charge in [-0.1, -0.05) is 32.0 Å². The minimum atomic E-state index is 0.473. The SMILES string of the molecule is CC(C)c1cccc(/C=N/Nc2cc(N)c3nc(-c4ccncc4)cn3n2)c1. The van der Waals surface area contributed by atoms with Gasteiger partial charge in [-0.25, -0.2) is 9.50 Å². The fraction of sp³-hybridized carbons (Fsp3) is 0.143. The first-order chi connectivity index (χ1) is 13.6. The summed E-state index contributed by atoms with van der Waals surface area (Å²) in [6.45, 7) is 4.34. The van der Waals surface area contributed by atoms with Crippen molar-refractivity contribution in [1.82, 2.24) is 19.6 Å². The first kappa shape index (κ1) is 17.7. The molecule has 0 saturated heterocycles. The number of fused-ring (bicyclic) bond motifs is 1. The van der Waals surface area contributed by atoms with Crippen molar-refractivity contribution in [3.63, 3.8) is 0 Å². The number of nitrogens with two attached hydrogens (primary N) is 1. The van der Waals surface area contributed by atoms with Crippen LogP contribution >= 0.6 is 0 Å². The Balaban J connectivity index is 1.57. The topological polar surface area (TPSA) is 93.5 Å². The number of nitrogen functional groups attached to an aromatic ring is 1. The van der Waals surface area contributed by atoms with Crippen molar-refractivity contribution in [3.8, 4) is 11.3 Å². The van der Waals surface area contributed by atoms with E-state index in [0.29, 0.717) is 23.1 Å². The molecule has 3 aromatic heterocycles. The minimum absolute atomic E-state index is 0.473. The van der Waals surface area contributed by atoms with Gasteiger partial charge in [0.05, 0.1) is 23.8 Å². The molecule has 3 N–H and O–H groups in total. The lowest BCUT2D eigenvalue weighted by molar-refractivity contribution is 0.866. The lowest BCUT2D eigenvalue weighted by atomic mass is 10.0. The van der Waals surface area contributed by atoms with E-state index in [1.54, 1.807) is 29.2 Å². The molecule has 4 rings (SSSR count). The molecule has 0 bridgehead atoms. The smallest absolute Gasteiger partial charge is 0.177 e. The predicted molar refractivity (Wildman–Crippen MR) is 112 cm³/mol. The first-order valence-electron chi connectivity index (χ1n) is 9.05. The van der Waals surface area contributed by atoms with Crippen LogP contribution in [0.3, 0.4) is 0 Å². The minimum Gasteiger partial charge on any atom is -0.396 e. The highest BCUT2D eigenvalue weighted by molar-refractivity contribution is 5.80. The van der Waals surface area contributed by atoms with Crippen molar-refractivity contribution in [2.75, 3.05) is 11.2 Å². The van der Waals surface area contributed by atoms with Crippen LogP contribution in [0.25, 0.3) is 16.9 Å². The number of rotatable bonds is 5. The molecule has 0 unspecified atom stereocenters. The third kappa shape index (κ3) is 3.68. The van der Waals surface area contributed by atoms with E-state index in [1.165, 1.54) is 5.56 Å². The van der Waals surface area contributed by atoms with E-state index in [2.05, 4.69) is 51.6 Å². The van der Waals surface area contributed by atoms with Gasteiger partial charge in [0.2, 0.25) is 0 Å². The van der Waals surface area contributed by atoms with Crippen molar-refractivity contribution in [2.24, 2.45) is 5.10 Å². The van der Waals surface area contributed by atoms with E-state index >= 15 is 0 Å². The molecule has 140 valence electrons. The maximum absolute atomic E-state index is 6.16. The zero-order valence-electron chi connectivity index (χ0n) is 15.7. The Hall–Kier alpha value is -3.74. The Morgan fingerprint density at radius 3 is 2.75 bits per heavy atom. The van der Waals surface area contributed by atoms with Crippen molar-refractivity contribution >= 4 is 23.4 Å². The number of nitrogens with zero attached hydrogens (tertiary/aromatic N) is 5. The Kier molecular flexibility index (Phi) is 4.72. The van der Waals surface area contributed by atoms with E-state index in [4.69, 9.17) is 5.73 Å². The molecule has 28 heavy (non-hydrogen) atoms. The molecule has 0 saturated carbocycles. The third-order valence-electron chi connectivity index (χ3n) is 4.40. The standard InChI is InChI=1S/C21H21N7/c1-14(2)17-5-3-4-15(10-17)12-24-26-20-11-18(22)21-25-19(13-28(21)27-20)16-6-8-23-9-7-16/h3-14H,22H2,1-2H3,(H,26,27)/b24-12+. The maximum atomic E-state index is 6.16. The summed E-state index contributed by atoms with van der Waals surface area (Å²) < 4.78 is 1.66. The van der Waals surface area contributed by atoms with Gasteiger partial charge in [0.1, 0.15) is 0 Å². The Morgan fingerprint density at radius 1 is 1.14 bits per heavy atom. The normalized spacial score (nSPS) is 11.5. The molecule has 0 aliphatic heterocycles. The van der Waals surface area contributed by atoms with Crippen molar-refractivity contribution in [3.05, 3.63) is 72.2 Å². The van der Waals surface area contributed by atoms with Crippen LogP contribution in [0.15, 0.2) is 66.2 Å². The van der Waals surface area contributed by atoms with Gasteiger partial charge < -0.3 is 5.73 Å². The Labute approximate surface area is 163 Å². The molecule has 0 amide bonds. The summed E-state index contributed by atoms with van der Waals surface area (Å²) in [5.74, 6) is 1.01. The molecule has 0 aliphatic rings. The number of benzene rings is 1. The number of hydrogen-bond donors (Lipinski definition) is 2. The van der Waals surface area contributed by atoms with Crippen molar-refractivity contribution in [1.29, 1.82) is 0 Å². The largest absolute Gasteiger partial charge is 0.396 e. The highest BCUT2D eigenvalue weighted by atomic mass is 15.4. The van der Waals surface area contributed by atoms with Crippen molar-refractivity contribution < 1.29 is 0 Å². The fourth-order valence-corrected chi connectivity index (χ4v) is 2.89. The lowest BCUT2D eigenvalue weighted by Crippen LogP contribution is -2.02. The van der Waals surface area contributed by atoms with Gasteiger partial charge in [0.25, 0.3) is 0 Å². The number of anilines is 2.